The molecule has 1 aromatic carbocycles. The van der Waals surface area contributed by atoms with Crippen molar-refractivity contribution in [2.45, 2.75) is 53.1 Å². The molecule has 0 saturated heterocycles. The monoisotopic (exact) mass is 442 g/mol. The summed E-state index contributed by atoms with van der Waals surface area (Å²) in [5.41, 5.74) is 0.903. The van der Waals surface area contributed by atoms with E-state index in [1.54, 1.807) is 24.3 Å². The Morgan fingerprint density at radius 1 is 1.26 bits per heavy atom. The van der Waals surface area contributed by atoms with Gasteiger partial charge >= 0.3 is 5.97 Å². The van der Waals surface area contributed by atoms with E-state index in [1.165, 1.54) is 21.9 Å². The minimum Gasteiger partial charge on any atom is -0.456 e. The Balaban J connectivity index is 1.66. The molecule has 0 spiro atoms. The predicted molar refractivity (Wildman–Crippen MR) is 119 cm³/mol. The zero-order chi connectivity index (χ0) is 22.4. The summed E-state index contributed by atoms with van der Waals surface area (Å²) in [5.74, 6) is -0.230. The Labute approximate surface area is 184 Å². The highest BCUT2D eigenvalue weighted by molar-refractivity contribution is 7.16. The Morgan fingerprint density at radius 2 is 2.06 bits per heavy atom. The number of carbonyl (C=O) groups is 2. The number of hydrogen-bond acceptors (Lipinski definition) is 7. The van der Waals surface area contributed by atoms with Crippen LogP contribution in [-0.2, 0) is 22.6 Å². The van der Waals surface area contributed by atoms with E-state index in [0.717, 1.165) is 24.3 Å². The lowest BCUT2D eigenvalue weighted by atomic mass is 10.1. The van der Waals surface area contributed by atoms with Crippen LogP contribution in [0.25, 0.3) is 4.96 Å². The molecule has 0 unspecified atom stereocenters. The molecule has 0 aliphatic heterocycles. The quantitative estimate of drug-likeness (QED) is 0.505. The molecule has 3 aromatic rings. The third-order valence-corrected chi connectivity index (χ3v) is 5.34. The van der Waals surface area contributed by atoms with Crippen LogP contribution in [0.2, 0.25) is 0 Å². The first kappa shape index (κ1) is 22.6. The van der Waals surface area contributed by atoms with E-state index < -0.39 is 5.97 Å². The number of rotatable bonds is 9. The summed E-state index contributed by atoms with van der Waals surface area (Å²) in [6, 6.07) is 7.89. The molecule has 3 rings (SSSR count). The molecule has 0 aliphatic carbocycles. The Morgan fingerprint density at radius 3 is 2.81 bits per heavy atom. The van der Waals surface area contributed by atoms with Crippen LogP contribution < -0.4 is 10.9 Å². The van der Waals surface area contributed by atoms with Gasteiger partial charge in [0.25, 0.3) is 5.56 Å². The molecule has 0 fully saturated rings. The number of nitrogens with zero attached hydrogens (tertiary/aromatic N) is 3. The molecule has 0 bridgehead atoms. The van der Waals surface area contributed by atoms with E-state index in [4.69, 9.17) is 4.74 Å². The molecule has 0 aliphatic rings. The summed E-state index contributed by atoms with van der Waals surface area (Å²) in [6.45, 7) is 6.05. The van der Waals surface area contributed by atoms with Crippen LogP contribution in [-0.4, -0.2) is 26.5 Å². The third-order valence-electron chi connectivity index (χ3n) is 4.41. The summed E-state index contributed by atoms with van der Waals surface area (Å²) in [5, 5.41) is 7.93. The highest BCUT2D eigenvalue weighted by Gasteiger charge is 2.13. The molecule has 2 aromatic heterocycles. The highest BCUT2D eigenvalue weighted by atomic mass is 32.1. The van der Waals surface area contributed by atoms with Gasteiger partial charge < -0.3 is 10.1 Å². The van der Waals surface area contributed by atoms with Crippen molar-refractivity contribution in [3.05, 3.63) is 57.0 Å². The van der Waals surface area contributed by atoms with E-state index in [9.17, 15) is 14.4 Å². The second kappa shape index (κ2) is 10.3. The lowest BCUT2D eigenvalue weighted by molar-refractivity contribution is -0.116. The van der Waals surface area contributed by atoms with Gasteiger partial charge in [-0.05, 0) is 30.5 Å². The number of nitrogens with one attached hydrogen (secondary N) is 1. The average Bonchev–Trinajstić information content (AvgIpc) is 3.13. The molecule has 31 heavy (non-hydrogen) atoms. The number of benzene rings is 1. The summed E-state index contributed by atoms with van der Waals surface area (Å²) in [6.07, 6.45) is 2.95. The number of amides is 1. The van der Waals surface area contributed by atoms with Gasteiger partial charge in [0.2, 0.25) is 10.9 Å². The Bertz CT molecular complexity index is 1140. The van der Waals surface area contributed by atoms with Crippen molar-refractivity contribution in [3.63, 3.8) is 0 Å². The molecule has 8 nitrogen and oxygen atoms in total. The van der Waals surface area contributed by atoms with Crippen LogP contribution in [0, 0.1) is 5.92 Å². The van der Waals surface area contributed by atoms with Crippen molar-refractivity contribution < 1.29 is 14.3 Å². The lowest BCUT2D eigenvalue weighted by Gasteiger charge is -2.08. The van der Waals surface area contributed by atoms with Crippen LogP contribution in [0.1, 0.15) is 61.1 Å². The molecule has 2 heterocycles. The SMILES string of the molecule is CCCCC(=O)Nc1cccc(C(=O)OCc2cc(=O)n3nc(CC(C)C)sc3n2)c1. The molecule has 1 amide bonds. The zero-order valence-electron chi connectivity index (χ0n) is 17.9. The van der Waals surface area contributed by atoms with Gasteiger partial charge in [-0.2, -0.15) is 9.61 Å². The zero-order valence-corrected chi connectivity index (χ0v) is 18.7. The Hall–Kier alpha value is -3.07. The first-order chi connectivity index (χ1) is 14.9. The largest absolute Gasteiger partial charge is 0.456 e. The van der Waals surface area contributed by atoms with Crippen LogP contribution in [0.4, 0.5) is 5.69 Å². The topological polar surface area (TPSA) is 103 Å². The molecule has 0 saturated carbocycles. The minimum atomic E-state index is -0.559. The molecule has 0 radical (unpaired) electrons. The van der Waals surface area contributed by atoms with Crippen molar-refractivity contribution in [2.24, 2.45) is 5.92 Å². The normalized spacial score (nSPS) is 11.1. The molecule has 0 atom stereocenters. The Kier molecular flexibility index (Phi) is 7.51. The average molecular weight is 443 g/mol. The molecule has 164 valence electrons. The molecule has 9 heteroatoms. The van der Waals surface area contributed by atoms with Crippen molar-refractivity contribution in [3.8, 4) is 0 Å². The van der Waals surface area contributed by atoms with Gasteiger partial charge in [0.1, 0.15) is 11.6 Å². The second-order valence-corrected chi connectivity index (χ2v) is 8.72. The summed E-state index contributed by atoms with van der Waals surface area (Å²) in [4.78, 5) is 41.5. The van der Waals surface area contributed by atoms with Crippen LogP contribution in [0.5, 0.6) is 0 Å². The van der Waals surface area contributed by atoms with Crippen molar-refractivity contribution in [1.29, 1.82) is 0 Å². The number of fused-ring (bicyclic) bond motifs is 1. The summed E-state index contributed by atoms with van der Waals surface area (Å²) in [7, 11) is 0. The fourth-order valence-corrected chi connectivity index (χ4v) is 4.04. The van der Waals surface area contributed by atoms with Crippen LogP contribution in [0.3, 0.4) is 0 Å². The molecule has 1 N–H and O–H groups in total. The number of esters is 1. The summed E-state index contributed by atoms with van der Waals surface area (Å²) >= 11 is 1.36. The van der Waals surface area contributed by atoms with Gasteiger partial charge in [0.15, 0.2) is 0 Å². The number of unbranched alkanes of at least 4 members (excludes halogenated alkanes) is 1. The van der Waals surface area contributed by atoms with Crippen LogP contribution in [0.15, 0.2) is 35.1 Å². The number of anilines is 1. The highest BCUT2D eigenvalue weighted by Crippen LogP contribution is 2.16. The summed E-state index contributed by atoms with van der Waals surface area (Å²) < 4.78 is 6.61. The number of hydrogen-bond donors (Lipinski definition) is 1. The van der Waals surface area contributed by atoms with Gasteiger partial charge in [0, 0.05) is 24.6 Å². The maximum Gasteiger partial charge on any atom is 0.338 e. The first-order valence-electron chi connectivity index (χ1n) is 10.3. The number of ether oxygens (including phenoxy) is 1. The maximum atomic E-state index is 12.4. The third kappa shape index (κ3) is 6.21. The maximum absolute atomic E-state index is 12.4. The smallest absolute Gasteiger partial charge is 0.338 e. The van der Waals surface area contributed by atoms with Gasteiger partial charge in [-0.25, -0.2) is 9.78 Å². The molecular formula is C22H26N4O4S. The van der Waals surface area contributed by atoms with Crippen LogP contribution >= 0.6 is 11.3 Å². The number of aromatic nitrogens is 3. The van der Waals surface area contributed by atoms with Gasteiger partial charge in [-0.1, -0.05) is 44.6 Å². The van der Waals surface area contributed by atoms with E-state index in [-0.39, 0.29) is 18.1 Å². The second-order valence-electron chi connectivity index (χ2n) is 7.68. The van der Waals surface area contributed by atoms with E-state index >= 15 is 0 Å². The van der Waals surface area contributed by atoms with Gasteiger partial charge in [0.05, 0.1) is 11.3 Å². The lowest BCUT2D eigenvalue weighted by Crippen LogP contribution is -2.17. The fraction of sp³-hybridized carbons (Fsp3) is 0.409. The van der Waals surface area contributed by atoms with Gasteiger partial charge in [-0.3, -0.25) is 9.59 Å². The van der Waals surface area contributed by atoms with Crippen molar-refractivity contribution in [1.82, 2.24) is 14.6 Å². The van der Waals surface area contributed by atoms with E-state index in [1.807, 2.05) is 6.92 Å². The first-order valence-corrected chi connectivity index (χ1v) is 11.1. The van der Waals surface area contributed by atoms with Crippen molar-refractivity contribution in [2.75, 3.05) is 5.32 Å². The minimum absolute atomic E-state index is 0.0910. The van der Waals surface area contributed by atoms with E-state index in [2.05, 4.69) is 29.2 Å². The predicted octanol–water partition coefficient (Wildman–Crippen LogP) is 3.84. The number of carbonyl (C=O) groups excluding carboxylic acids is 2. The van der Waals surface area contributed by atoms with E-state index in [0.29, 0.717) is 34.2 Å². The van der Waals surface area contributed by atoms with Gasteiger partial charge in [-0.15, -0.1) is 0 Å². The fourth-order valence-electron chi connectivity index (χ4n) is 2.91. The molecular weight excluding hydrogens is 416 g/mol. The standard InChI is InChI=1S/C22H26N4O4S/c1-4-5-9-18(27)23-16-8-6-7-15(11-16)21(29)30-13-17-12-20(28)26-22(24-17)31-19(25-26)10-14(2)3/h6-8,11-12,14H,4-5,9-10,13H2,1-3H3,(H,23,27). The van der Waals surface area contributed by atoms with Crippen molar-refractivity contribution >= 4 is 33.9 Å².